The molecule has 0 aliphatic heterocycles. The van der Waals surface area contributed by atoms with Crippen molar-refractivity contribution in [1.29, 1.82) is 0 Å². The number of rotatable bonds is 2. The SMILES string of the molecule is Cc1c(CO)ccc(Cl)c1-c1ccc(Cl)cc1. The molecule has 0 aliphatic rings. The Morgan fingerprint density at radius 3 is 2.24 bits per heavy atom. The first-order chi connectivity index (χ1) is 8.13. The van der Waals surface area contributed by atoms with Crippen molar-refractivity contribution in [3.05, 3.63) is 57.6 Å². The van der Waals surface area contributed by atoms with Gasteiger partial charge in [0, 0.05) is 15.6 Å². The van der Waals surface area contributed by atoms with E-state index in [9.17, 15) is 5.11 Å². The summed E-state index contributed by atoms with van der Waals surface area (Å²) >= 11 is 12.1. The smallest absolute Gasteiger partial charge is 0.0684 e. The van der Waals surface area contributed by atoms with Gasteiger partial charge in [-0.2, -0.15) is 0 Å². The van der Waals surface area contributed by atoms with Crippen molar-refractivity contribution in [2.75, 3.05) is 0 Å². The van der Waals surface area contributed by atoms with Crippen LogP contribution in [0.4, 0.5) is 0 Å². The van der Waals surface area contributed by atoms with E-state index < -0.39 is 0 Å². The van der Waals surface area contributed by atoms with Crippen LogP contribution in [0.25, 0.3) is 11.1 Å². The third-order valence-corrected chi connectivity index (χ3v) is 3.40. The molecule has 1 nitrogen and oxygen atoms in total. The normalized spacial score (nSPS) is 10.6. The third kappa shape index (κ3) is 2.47. The summed E-state index contributed by atoms with van der Waals surface area (Å²) < 4.78 is 0. The van der Waals surface area contributed by atoms with E-state index in [1.54, 1.807) is 0 Å². The van der Waals surface area contributed by atoms with Crippen LogP contribution < -0.4 is 0 Å². The number of hydrogen-bond acceptors (Lipinski definition) is 1. The maximum absolute atomic E-state index is 9.26. The van der Waals surface area contributed by atoms with E-state index >= 15 is 0 Å². The Hall–Kier alpha value is -1.02. The summed E-state index contributed by atoms with van der Waals surface area (Å²) in [6.45, 7) is 1.98. The van der Waals surface area contributed by atoms with Gasteiger partial charge < -0.3 is 5.11 Å². The monoisotopic (exact) mass is 266 g/mol. The van der Waals surface area contributed by atoms with Crippen LogP contribution in [0, 0.1) is 6.92 Å². The molecule has 0 saturated carbocycles. The molecule has 3 heteroatoms. The van der Waals surface area contributed by atoms with Crippen molar-refractivity contribution in [1.82, 2.24) is 0 Å². The van der Waals surface area contributed by atoms with Crippen molar-refractivity contribution in [2.45, 2.75) is 13.5 Å². The van der Waals surface area contributed by atoms with E-state index in [4.69, 9.17) is 23.2 Å². The molecule has 0 amide bonds. The Morgan fingerprint density at radius 2 is 1.65 bits per heavy atom. The quantitative estimate of drug-likeness (QED) is 0.851. The first kappa shape index (κ1) is 12.4. The molecule has 0 heterocycles. The number of aliphatic hydroxyl groups is 1. The first-order valence-corrected chi connectivity index (χ1v) is 6.04. The zero-order valence-electron chi connectivity index (χ0n) is 9.37. The van der Waals surface area contributed by atoms with Crippen molar-refractivity contribution in [3.8, 4) is 11.1 Å². The third-order valence-electron chi connectivity index (χ3n) is 2.83. The molecule has 0 aromatic heterocycles. The lowest BCUT2D eigenvalue weighted by molar-refractivity contribution is 0.281. The molecule has 0 fully saturated rings. The van der Waals surface area contributed by atoms with E-state index in [1.165, 1.54) is 0 Å². The molecule has 88 valence electrons. The minimum Gasteiger partial charge on any atom is -0.392 e. The van der Waals surface area contributed by atoms with Crippen LogP contribution in [0.15, 0.2) is 36.4 Å². The maximum atomic E-state index is 9.26. The Kier molecular flexibility index (Phi) is 3.72. The van der Waals surface area contributed by atoms with Gasteiger partial charge in [0.25, 0.3) is 0 Å². The van der Waals surface area contributed by atoms with Gasteiger partial charge in [-0.15, -0.1) is 0 Å². The topological polar surface area (TPSA) is 20.2 Å². The predicted octanol–water partition coefficient (Wildman–Crippen LogP) is 4.46. The van der Waals surface area contributed by atoms with Crippen molar-refractivity contribution in [3.63, 3.8) is 0 Å². The fourth-order valence-corrected chi connectivity index (χ4v) is 2.30. The molecule has 17 heavy (non-hydrogen) atoms. The van der Waals surface area contributed by atoms with Crippen LogP contribution >= 0.6 is 23.2 Å². The second kappa shape index (κ2) is 5.09. The van der Waals surface area contributed by atoms with Crippen molar-refractivity contribution < 1.29 is 5.11 Å². The van der Waals surface area contributed by atoms with E-state index in [2.05, 4.69) is 0 Å². The summed E-state index contributed by atoms with van der Waals surface area (Å²) in [4.78, 5) is 0. The highest BCUT2D eigenvalue weighted by Gasteiger charge is 2.10. The standard InChI is InChI=1S/C14H12Cl2O/c1-9-11(8-17)4-7-13(16)14(9)10-2-5-12(15)6-3-10/h2-7,17H,8H2,1H3. The van der Waals surface area contributed by atoms with Gasteiger partial charge in [0.05, 0.1) is 6.61 Å². The van der Waals surface area contributed by atoms with Crippen molar-refractivity contribution in [2.24, 2.45) is 0 Å². The molecule has 0 radical (unpaired) electrons. The molecule has 0 saturated heterocycles. The maximum Gasteiger partial charge on any atom is 0.0684 e. The van der Waals surface area contributed by atoms with Gasteiger partial charge in [0.2, 0.25) is 0 Å². The van der Waals surface area contributed by atoms with Crippen LogP contribution in [-0.2, 0) is 6.61 Å². The molecular weight excluding hydrogens is 255 g/mol. The first-order valence-electron chi connectivity index (χ1n) is 5.28. The molecule has 0 unspecified atom stereocenters. The molecule has 2 aromatic rings. The fraction of sp³-hybridized carbons (Fsp3) is 0.143. The number of halogens is 2. The highest BCUT2D eigenvalue weighted by atomic mass is 35.5. The summed E-state index contributed by atoms with van der Waals surface area (Å²) in [6, 6.07) is 11.2. The molecule has 0 atom stereocenters. The van der Waals surface area contributed by atoms with Crippen LogP contribution in [-0.4, -0.2) is 5.11 Å². The van der Waals surface area contributed by atoms with E-state index in [0.29, 0.717) is 10.0 Å². The summed E-state index contributed by atoms with van der Waals surface area (Å²) in [5, 5.41) is 10.6. The Balaban J connectivity index is 2.61. The lowest BCUT2D eigenvalue weighted by atomic mass is 9.96. The molecule has 1 N–H and O–H groups in total. The zero-order chi connectivity index (χ0) is 12.4. The van der Waals surface area contributed by atoms with Crippen LogP contribution in [0.2, 0.25) is 10.0 Å². The highest BCUT2D eigenvalue weighted by molar-refractivity contribution is 6.33. The van der Waals surface area contributed by atoms with Gasteiger partial charge in [0.1, 0.15) is 0 Å². The van der Waals surface area contributed by atoms with Crippen LogP contribution in [0.5, 0.6) is 0 Å². The lowest BCUT2D eigenvalue weighted by Gasteiger charge is -2.12. The minimum absolute atomic E-state index is 0.0175. The molecule has 0 spiro atoms. The van der Waals surface area contributed by atoms with E-state index in [0.717, 1.165) is 22.3 Å². The second-order valence-electron chi connectivity index (χ2n) is 3.87. The fourth-order valence-electron chi connectivity index (χ4n) is 1.86. The summed E-state index contributed by atoms with van der Waals surface area (Å²) in [5.41, 5.74) is 3.85. The van der Waals surface area contributed by atoms with Gasteiger partial charge in [0.15, 0.2) is 0 Å². The largest absolute Gasteiger partial charge is 0.392 e. The zero-order valence-corrected chi connectivity index (χ0v) is 10.9. The second-order valence-corrected chi connectivity index (χ2v) is 4.72. The minimum atomic E-state index is 0.0175. The molecule has 0 aliphatic carbocycles. The number of benzene rings is 2. The lowest BCUT2D eigenvalue weighted by Crippen LogP contribution is -1.93. The van der Waals surface area contributed by atoms with E-state index in [-0.39, 0.29) is 6.61 Å². The van der Waals surface area contributed by atoms with Gasteiger partial charge in [-0.25, -0.2) is 0 Å². The highest BCUT2D eigenvalue weighted by Crippen LogP contribution is 2.33. The molecule has 0 bridgehead atoms. The Labute approximate surface area is 111 Å². The summed E-state index contributed by atoms with van der Waals surface area (Å²) in [5.74, 6) is 0. The van der Waals surface area contributed by atoms with Crippen LogP contribution in [0.3, 0.4) is 0 Å². The van der Waals surface area contributed by atoms with E-state index in [1.807, 2.05) is 43.3 Å². The summed E-state index contributed by atoms with van der Waals surface area (Å²) in [6.07, 6.45) is 0. The van der Waals surface area contributed by atoms with Gasteiger partial charge >= 0.3 is 0 Å². The predicted molar refractivity (Wildman–Crippen MR) is 72.6 cm³/mol. The molecule has 2 rings (SSSR count). The van der Waals surface area contributed by atoms with Crippen LogP contribution in [0.1, 0.15) is 11.1 Å². The average molecular weight is 267 g/mol. The van der Waals surface area contributed by atoms with Gasteiger partial charge in [-0.3, -0.25) is 0 Å². The molecule has 2 aromatic carbocycles. The average Bonchev–Trinajstić information content (AvgIpc) is 2.32. The number of aliphatic hydroxyl groups excluding tert-OH is 1. The van der Waals surface area contributed by atoms with Gasteiger partial charge in [-0.05, 0) is 41.8 Å². The molecular formula is C14H12Cl2O. The Bertz CT molecular complexity index is 533. The van der Waals surface area contributed by atoms with Crippen molar-refractivity contribution >= 4 is 23.2 Å². The number of hydrogen-bond donors (Lipinski definition) is 1. The Morgan fingerprint density at radius 1 is 1.00 bits per heavy atom. The summed E-state index contributed by atoms with van der Waals surface area (Å²) in [7, 11) is 0. The van der Waals surface area contributed by atoms with Gasteiger partial charge in [-0.1, -0.05) is 41.4 Å².